The summed E-state index contributed by atoms with van der Waals surface area (Å²) in [5, 5.41) is 11.0. The highest BCUT2D eigenvalue weighted by Gasteiger charge is 2.22. The van der Waals surface area contributed by atoms with E-state index >= 15 is 0 Å². The number of carbonyl (C=O) groups excluding carboxylic acids is 1. The number of halogens is 2. The van der Waals surface area contributed by atoms with Gasteiger partial charge in [0.05, 0.1) is 5.56 Å². The Labute approximate surface area is 102 Å². The fourth-order valence-electron chi connectivity index (χ4n) is 1.38. The van der Waals surface area contributed by atoms with E-state index in [1.165, 1.54) is 0 Å². The van der Waals surface area contributed by atoms with Gasteiger partial charge in [0.25, 0.3) is 5.91 Å². The lowest BCUT2D eigenvalue weighted by molar-refractivity contribution is -0.139. The molecule has 1 amide bonds. The van der Waals surface area contributed by atoms with Crippen LogP contribution in [0.3, 0.4) is 0 Å². The summed E-state index contributed by atoms with van der Waals surface area (Å²) < 4.78 is 26.0. The number of amides is 1. The molecule has 0 aromatic carbocycles. The van der Waals surface area contributed by atoms with Crippen LogP contribution >= 0.6 is 0 Å². The first kappa shape index (κ1) is 14.0. The minimum atomic E-state index is -1.40. The molecule has 5 nitrogen and oxygen atoms in total. The van der Waals surface area contributed by atoms with Crippen molar-refractivity contribution in [2.24, 2.45) is 0 Å². The molecular formula is C11H12F2N2O3. The Balaban J connectivity index is 2.87. The molecule has 1 atom stereocenters. The van der Waals surface area contributed by atoms with Crippen molar-refractivity contribution in [1.82, 2.24) is 10.3 Å². The van der Waals surface area contributed by atoms with Gasteiger partial charge in [0.15, 0.2) is 5.82 Å². The lowest BCUT2D eigenvalue weighted by atomic mass is 10.1. The Morgan fingerprint density at radius 3 is 2.72 bits per heavy atom. The Bertz CT molecular complexity index is 466. The third kappa shape index (κ3) is 3.22. The Morgan fingerprint density at radius 2 is 2.17 bits per heavy atom. The molecular weight excluding hydrogens is 246 g/mol. The summed E-state index contributed by atoms with van der Waals surface area (Å²) in [7, 11) is 0. The molecule has 0 bridgehead atoms. The molecule has 0 saturated carbocycles. The third-order valence-corrected chi connectivity index (χ3v) is 2.27. The molecule has 0 fully saturated rings. The fourth-order valence-corrected chi connectivity index (χ4v) is 1.38. The standard InChI is InChI=1S/C11H12F2N2O3/c1-2-3-7(11(17)18)15-10(16)6-4-5-14-9(13)8(6)12/h4-5,7H,2-3H2,1H3,(H,15,16)(H,17,18)/t7-/m0/s1. The van der Waals surface area contributed by atoms with Gasteiger partial charge in [0, 0.05) is 6.20 Å². The maximum atomic E-state index is 13.2. The molecule has 0 unspecified atom stereocenters. The van der Waals surface area contributed by atoms with Crippen molar-refractivity contribution >= 4 is 11.9 Å². The van der Waals surface area contributed by atoms with E-state index in [9.17, 15) is 18.4 Å². The molecule has 0 spiro atoms. The third-order valence-electron chi connectivity index (χ3n) is 2.27. The monoisotopic (exact) mass is 258 g/mol. The molecule has 0 radical (unpaired) electrons. The Hall–Kier alpha value is -2.05. The van der Waals surface area contributed by atoms with Crippen LogP contribution in [0.2, 0.25) is 0 Å². The van der Waals surface area contributed by atoms with E-state index in [0.717, 1.165) is 12.3 Å². The summed E-state index contributed by atoms with van der Waals surface area (Å²) in [6, 6.07) is -0.142. The van der Waals surface area contributed by atoms with Gasteiger partial charge in [0.2, 0.25) is 5.95 Å². The predicted octanol–water partition coefficient (Wildman–Crippen LogP) is 1.34. The number of hydrogen-bond acceptors (Lipinski definition) is 3. The average molecular weight is 258 g/mol. The quantitative estimate of drug-likeness (QED) is 0.781. The molecule has 2 N–H and O–H groups in total. The van der Waals surface area contributed by atoms with Crippen molar-refractivity contribution < 1.29 is 23.5 Å². The molecule has 0 aliphatic rings. The number of carbonyl (C=O) groups is 2. The zero-order valence-electron chi connectivity index (χ0n) is 9.61. The van der Waals surface area contributed by atoms with Crippen LogP contribution in [0.1, 0.15) is 30.1 Å². The molecule has 0 aliphatic heterocycles. The van der Waals surface area contributed by atoms with E-state index in [1.54, 1.807) is 6.92 Å². The molecule has 7 heteroatoms. The van der Waals surface area contributed by atoms with Crippen molar-refractivity contribution in [3.05, 3.63) is 29.6 Å². The van der Waals surface area contributed by atoms with Crippen molar-refractivity contribution in [2.75, 3.05) is 0 Å². The summed E-state index contributed by atoms with van der Waals surface area (Å²) in [6.45, 7) is 1.74. The molecule has 18 heavy (non-hydrogen) atoms. The van der Waals surface area contributed by atoms with Crippen LogP contribution in [-0.4, -0.2) is 28.0 Å². The summed E-state index contributed by atoms with van der Waals surface area (Å²) in [5.74, 6) is -4.99. The van der Waals surface area contributed by atoms with Gasteiger partial charge in [-0.1, -0.05) is 13.3 Å². The highest BCUT2D eigenvalue weighted by Crippen LogP contribution is 2.09. The minimum Gasteiger partial charge on any atom is -0.480 e. The van der Waals surface area contributed by atoms with E-state index in [2.05, 4.69) is 10.3 Å². The van der Waals surface area contributed by atoms with Crippen molar-refractivity contribution in [2.45, 2.75) is 25.8 Å². The lowest BCUT2D eigenvalue weighted by Gasteiger charge is -2.13. The number of rotatable bonds is 5. The van der Waals surface area contributed by atoms with Gasteiger partial charge in [0.1, 0.15) is 6.04 Å². The molecule has 98 valence electrons. The van der Waals surface area contributed by atoms with Crippen LogP contribution in [0.15, 0.2) is 12.3 Å². The number of nitrogens with one attached hydrogen (secondary N) is 1. The fraction of sp³-hybridized carbons (Fsp3) is 0.364. The van der Waals surface area contributed by atoms with Crippen LogP contribution in [-0.2, 0) is 4.79 Å². The second-order valence-corrected chi connectivity index (χ2v) is 3.62. The number of nitrogens with zero attached hydrogens (tertiary/aromatic N) is 1. The number of carboxylic acid groups (broad SMARTS) is 1. The molecule has 1 heterocycles. The van der Waals surface area contributed by atoms with Gasteiger partial charge < -0.3 is 10.4 Å². The number of hydrogen-bond donors (Lipinski definition) is 2. The van der Waals surface area contributed by atoms with Gasteiger partial charge in [-0.3, -0.25) is 4.79 Å². The largest absolute Gasteiger partial charge is 0.480 e. The first-order chi connectivity index (χ1) is 8.47. The first-order valence-electron chi connectivity index (χ1n) is 5.31. The van der Waals surface area contributed by atoms with Crippen LogP contribution in [0, 0.1) is 11.8 Å². The first-order valence-corrected chi connectivity index (χ1v) is 5.31. The summed E-state index contributed by atoms with van der Waals surface area (Å²) in [4.78, 5) is 25.4. The highest BCUT2D eigenvalue weighted by atomic mass is 19.2. The molecule has 0 aliphatic carbocycles. The Kier molecular flexibility index (Phi) is 4.70. The number of aromatic nitrogens is 1. The van der Waals surface area contributed by atoms with E-state index in [-0.39, 0.29) is 6.42 Å². The van der Waals surface area contributed by atoms with Crippen molar-refractivity contribution in [3.8, 4) is 0 Å². The molecule has 1 rings (SSSR count). The van der Waals surface area contributed by atoms with E-state index in [4.69, 9.17) is 5.11 Å². The normalized spacial score (nSPS) is 11.9. The van der Waals surface area contributed by atoms with Crippen molar-refractivity contribution in [3.63, 3.8) is 0 Å². The zero-order valence-corrected chi connectivity index (χ0v) is 9.61. The van der Waals surface area contributed by atoms with E-state index in [1.807, 2.05) is 0 Å². The van der Waals surface area contributed by atoms with Crippen LogP contribution in [0.25, 0.3) is 0 Å². The van der Waals surface area contributed by atoms with Crippen molar-refractivity contribution in [1.29, 1.82) is 0 Å². The second-order valence-electron chi connectivity index (χ2n) is 3.62. The predicted molar refractivity (Wildman–Crippen MR) is 58.0 cm³/mol. The number of aliphatic carboxylic acids is 1. The van der Waals surface area contributed by atoms with Gasteiger partial charge in [-0.25, -0.2) is 14.2 Å². The topological polar surface area (TPSA) is 79.3 Å². The Morgan fingerprint density at radius 1 is 1.50 bits per heavy atom. The second kappa shape index (κ2) is 6.04. The highest BCUT2D eigenvalue weighted by molar-refractivity contribution is 5.96. The minimum absolute atomic E-state index is 0.205. The smallest absolute Gasteiger partial charge is 0.326 e. The van der Waals surface area contributed by atoms with Gasteiger partial charge >= 0.3 is 5.97 Å². The maximum Gasteiger partial charge on any atom is 0.326 e. The average Bonchev–Trinajstić information content (AvgIpc) is 2.31. The number of pyridine rings is 1. The van der Waals surface area contributed by atoms with Crippen LogP contribution < -0.4 is 5.32 Å². The molecule has 0 saturated heterocycles. The summed E-state index contributed by atoms with van der Waals surface area (Å²) in [5.41, 5.74) is -0.565. The van der Waals surface area contributed by atoms with Crippen LogP contribution in [0.5, 0.6) is 0 Å². The SMILES string of the molecule is CCC[C@H](NC(=O)c1ccnc(F)c1F)C(=O)O. The lowest BCUT2D eigenvalue weighted by Crippen LogP contribution is -2.41. The maximum absolute atomic E-state index is 13.2. The summed E-state index contributed by atoms with van der Waals surface area (Å²) in [6.07, 6.45) is 1.67. The zero-order chi connectivity index (χ0) is 13.7. The van der Waals surface area contributed by atoms with E-state index < -0.39 is 35.2 Å². The van der Waals surface area contributed by atoms with Crippen LogP contribution in [0.4, 0.5) is 8.78 Å². The summed E-state index contributed by atoms with van der Waals surface area (Å²) >= 11 is 0. The van der Waals surface area contributed by atoms with Gasteiger partial charge in [-0.2, -0.15) is 4.39 Å². The van der Waals surface area contributed by atoms with Gasteiger partial charge in [-0.05, 0) is 12.5 Å². The van der Waals surface area contributed by atoms with E-state index in [0.29, 0.717) is 6.42 Å². The molecule has 1 aromatic rings. The number of carboxylic acids is 1. The van der Waals surface area contributed by atoms with Gasteiger partial charge in [-0.15, -0.1) is 0 Å². The molecule has 1 aromatic heterocycles.